The van der Waals surface area contributed by atoms with Gasteiger partial charge in [0.1, 0.15) is 0 Å². The van der Waals surface area contributed by atoms with Crippen molar-refractivity contribution < 1.29 is 49.0 Å². The first-order chi connectivity index (χ1) is 18.3. The second-order valence-electron chi connectivity index (χ2n) is 9.69. The number of aliphatic hydroxyl groups is 2. The predicted molar refractivity (Wildman–Crippen MR) is 144 cm³/mol. The Labute approximate surface area is 229 Å². The molecule has 0 amide bonds. The largest absolute Gasteiger partial charge is 0.479 e. The van der Waals surface area contributed by atoms with Gasteiger partial charge in [0.25, 0.3) is 0 Å². The van der Waals surface area contributed by atoms with Gasteiger partial charge in [0.15, 0.2) is 0 Å². The van der Waals surface area contributed by atoms with Crippen LogP contribution in [0.15, 0.2) is 0 Å². The Bertz CT molecular complexity index is 538. The van der Waals surface area contributed by atoms with E-state index in [4.69, 9.17) is 18.9 Å². The van der Waals surface area contributed by atoms with E-state index < -0.39 is 36.0 Å². The minimum Gasteiger partial charge on any atom is -0.479 e. The van der Waals surface area contributed by atoms with E-state index in [1.807, 2.05) is 13.8 Å². The molecule has 0 aromatic carbocycles. The molecule has 0 saturated carbocycles. The zero-order valence-electron chi connectivity index (χ0n) is 23.8. The standard InChI is InChI=1S/C28H54O10/c1-3-35-19-13-9-5-7-11-15-21-37-23-17-27(33,25(29)30)28(34,26(31)32)18-24-38-22-16-12-8-6-10-14-20-36-4-2/h33-34H,3-24H2,1-2H3,(H,29,30)(H,31,32). The first-order valence-corrected chi connectivity index (χ1v) is 14.5. The fourth-order valence-corrected chi connectivity index (χ4v) is 4.14. The highest BCUT2D eigenvalue weighted by molar-refractivity contribution is 5.90. The lowest BCUT2D eigenvalue weighted by Gasteiger charge is -2.37. The van der Waals surface area contributed by atoms with Crippen LogP contribution in [-0.4, -0.2) is 96.4 Å². The van der Waals surface area contributed by atoms with Gasteiger partial charge in [-0.15, -0.1) is 0 Å². The Morgan fingerprint density at radius 3 is 1.00 bits per heavy atom. The molecule has 0 aliphatic carbocycles. The molecule has 4 N–H and O–H groups in total. The molecule has 0 aromatic rings. The first kappa shape index (κ1) is 36.7. The summed E-state index contributed by atoms with van der Waals surface area (Å²) in [6.45, 7) is 7.39. The van der Waals surface area contributed by atoms with Crippen molar-refractivity contribution in [1.29, 1.82) is 0 Å². The second kappa shape index (κ2) is 23.6. The van der Waals surface area contributed by atoms with Crippen LogP contribution in [0.25, 0.3) is 0 Å². The first-order valence-electron chi connectivity index (χ1n) is 14.5. The van der Waals surface area contributed by atoms with E-state index in [1.54, 1.807) is 0 Å². The number of ether oxygens (including phenoxy) is 4. The lowest BCUT2D eigenvalue weighted by Crippen LogP contribution is -2.64. The lowest BCUT2D eigenvalue weighted by atomic mass is 9.78. The van der Waals surface area contributed by atoms with Crippen molar-refractivity contribution in [2.24, 2.45) is 0 Å². The molecule has 0 heterocycles. The van der Waals surface area contributed by atoms with Crippen LogP contribution < -0.4 is 0 Å². The lowest BCUT2D eigenvalue weighted by molar-refractivity contribution is -0.213. The highest BCUT2D eigenvalue weighted by atomic mass is 16.5. The Morgan fingerprint density at radius 1 is 0.474 bits per heavy atom. The van der Waals surface area contributed by atoms with Crippen molar-refractivity contribution >= 4 is 11.9 Å². The molecule has 38 heavy (non-hydrogen) atoms. The van der Waals surface area contributed by atoms with E-state index in [9.17, 15) is 30.0 Å². The van der Waals surface area contributed by atoms with Crippen LogP contribution in [0.2, 0.25) is 0 Å². The number of rotatable bonds is 29. The number of hydrogen-bond acceptors (Lipinski definition) is 8. The van der Waals surface area contributed by atoms with Gasteiger partial charge in [0, 0.05) is 52.5 Å². The van der Waals surface area contributed by atoms with Gasteiger partial charge in [-0.3, -0.25) is 0 Å². The van der Waals surface area contributed by atoms with E-state index >= 15 is 0 Å². The number of unbranched alkanes of at least 4 members (excludes halogenated alkanes) is 10. The molecule has 226 valence electrons. The summed E-state index contributed by atoms with van der Waals surface area (Å²) in [5.74, 6) is -3.61. The van der Waals surface area contributed by atoms with Crippen molar-refractivity contribution in [2.75, 3.05) is 52.9 Å². The summed E-state index contributed by atoms with van der Waals surface area (Å²) in [4.78, 5) is 23.7. The van der Waals surface area contributed by atoms with E-state index in [0.29, 0.717) is 13.2 Å². The molecule has 0 rings (SSSR count). The maximum Gasteiger partial charge on any atom is 0.339 e. The van der Waals surface area contributed by atoms with Crippen LogP contribution in [0.1, 0.15) is 104 Å². The number of carboxylic acids is 2. The summed E-state index contributed by atoms with van der Waals surface area (Å²) in [7, 11) is 0. The Hall–Kier alpha value is -1.30. The van der Waals surface area contributed by atoms with Crippen LogP contribution in [-0.2, 0) is 28.5 Å². The summed E-state index contributed by atoms with van der Waals surface area (Å²) in [5.41, 5.74) is -5.80. The summed E-state index contributed by atoms with van der Waals surface area (Å²) >= 11 is 0. The topological polar surface area (TPSA) is 152 Å². The highest BCUT2D eigenvalue weighted by Gasteiger charge is 2.60. The van der Waals surface area contributed by atoms with Crippen LogP contribution in [0.3, 0.4) is 0 Å². The molecular formula is C28H54O10. The van der Waals surface area contributed by atoms with Gasteiger partial charge in [-0.05, 0) is 39.5 Å². The highest BCUT2D eigenvalue weighted by Crippen LogP contribution is 2.31. The average Bonchev–Trinajstić information content (AvgIpc) is 2.89. The molecular weight excluding hydrogens is 496 g/mol. The zero-order chi connectivity index (χ0) is 28.5. The molecule has 0 aliphatic rings. The minimum absolute atomic E-state index is 0.182. The molecule has 10 nitrogen and oxygen atoms in total. The molecule has 0 saturated heterocycles. The van der Waals surface area contributed by atoms with Crippen LogP contribution >= 0.6 is 0 Å². The van der Waals surface area contributed by atoms with E-state index in [0.717, 1.165) is 103 Å². The Morgan fingerprint density at radius 2 is 0.737 bits per heavy atom. The zero-order valence-corrected chi connectivity index (χ0v) is 23.8. The number of carboxylic acid groups (broad SMARTS) is 2. The minimum atomic E-state index is -2.90. The summed E-state index contributed by atoms with van der Waals surface area (Å²) < 4.78 is 21.5. The van der Waals surface area contributed by atoms with Gasteiger partial charge < -0.3 is 39.4 Å². The molecule has 0 aliphatic heterocycles. The van der Waals surface area contributed by atoms with E-state index in [2.05, 4.69) is 0 Å². The normalized spacial score (nSPS) is 14.7. The van der Waals surface area contributed by atoms with Gasteiger partial charge in [0.05, 0.1) is 13.2 Å². The van der Waals surface area contributed by atoms with Gasteiger partial charge >= 0.3 is 11.9 Å². The van der Waals surface area contributed by atoms with Crippen LogP contribution in [0.4, 0.5) is 0 Å². The maximum atomic E-state index is 11.8. The van der Waals surface area contributed by atoms with Gasteiger partial charge in [-0.25, -0.2) is 9.59 Å². The average molecular weight is 551 g/mol. The van der Waals surface area contributed by atoms with Crippen molar-refractivity contribution in [1.82, 2.24) is 0 Å². The third-order valence-electron chi connectivity index (χ3n) is 6.67. The molecule has 0 aromatic heterocycles. The summed E-state index contributed by atoms with van der Waals surface area (Å²) in [5, 5.41) is 40.7. The number of aliphatic carboxylic acids is 2. The Balaban J connectivity index is 4.25. The molecule has 2 unspecified atom stereocenters. The van der Waals surface area contributed by atoms with Crippen molar-refractivity contribution in [3.05, 3.63) is 0 Å². The maximum absolute atomic E-state index is 11.8. The third-order valence-corrected chi connectivity index (χ3v) is 6.67. The SMILES string of the molecule is CCOCCCCCCCCOCCC(O)(C(=O)O)C(O)(CCOCCCCCCCCOCC)C(=O)O. The van der Waals surface area contributed by atoms with E-state index in [1.165, 1.54) is 0 Å². The molecule has 0 spiro atoms. The van der Waals surface area contributed by atoms with Crippen molar-refractivity contribution in [2.45, 2.75) is 115 Å². The Kier molecular flexibility index (Phi) is 22.8. The molecule has 10 heteroatoms. The molecule has 2 atom stereocenters. The quantitative estimate of drug-likeness (QED) is 0.0998. The number of hydrogen-bond donors (Lipinski definition) is 4. The fraction of sp³-hybridized carbons (Fsp3) is 0.929. The molecule has 0 fully saturated rings. The van der Waals surface area contributed by atoms with Gasteiger partial charge in [-0.1, -0.05) is 51.4 Å². The predicted octanol–water partition coefficient (Wildman–Crippen LogP) is 4.19. The van der Waals surface area contributed by atoms with Crippen molar-refractivity contribution in [3.8, 4) is 0 Å². The summed E-state index contributed by atoms with van der Waals surface area (Å²) in [6.07, 6.45) is 11.0. The summed E-state index contributed by atoms with van der Waals surface area (Å²) in [6, 6.07) is 0. The molecule has 0 bridgehead atoms. The third kappa shape index (κ3) is 16.0. The second-order valence-corrected chi connectivity index (χ2v) is 9.69. The number of carbonyl (C=O) groups is 2. The molecule has 0 radical (unpaired) electrons. The van der Waals surface area contributed by atoms with Crippen LogP contribution in [0.5, 0.6) is 0 Å². The fourth-order valence-electron chi connectivity index (χ4n) is 4.14. The van der Waals surface area contributed by atoms with Gasteiger partial charge in [-0.2, -0.15) is 0 Å². The smallest absolute Gasteiger partial charge is 0.339 e. The van der Waals surface area contributed by atoms with Gasteiger partial charge in [0.2, 0.25) is 11.2 Å². The monoisotopic (exact) mass is 550 g/mol. The van der Waals surface area contributed by atoms with E-state index in [-0.39, 0.29) is 13.2 Å². The van der Waals surface area contributed by atoms with Crippen molar-refractivity contribution in [3.63, 3.8) is 0 Å². The van der Waals surface area contributed by atoms with Crippen LogP contribution in [0, 0.1) is 0 Å².